The molecule has 0 aliphatic carbocycles. The number of anilines is 1. The highest BCUT2D eigenvalue weighted by molar-refractivity contribution is 7.99. The number of amides is 3. The van der Waals surface area contributed by atoms with Gasteiger partial charge in [-0.25, -0.2) is 4.79 Å². The highest BCUT2D eigenvalue weighted by Gasteiger charge is 2.17. The molecular formula is C18H19ClN2O4S2. The molecule has 1 aromatic carbocycles. The maximum atomic E-state index is 12.1. The number of carbonyl (C=O) groups excluding carboxylic acids is 3. The van der Waals surface area contributed by atoms with Crippen molar-refractivity contribution in [1.29, 1.82) is 0 Å². The number of ether oxygens (including phenoxy) is 1. The predicted octanol–water partition coefficient (Wildman–Crippen LogP) is 4.80. The topological polar surface area (TPSA) is 84.5 Å². The number of rotatable bonds is 8. The normalized spacial score (nSPS) is 10.3. The lowest BCUT2D eigenvalue weighted by Gasteiger charge is -2.07. The van der Waals surface area contributed by atoms with Gasteiger partial charge in [-0.15, -0.1) is 23.1 Å². The number of nitrogens with one attached hydrogen (secondary N) is 2. The van der Waals surface area contributed by atoms with Gasteiger partial charge in [0.15, 0.2) is 0 Å². The summed E-state index contributed by atoms with van der Waals surface area (Å²) in [5, 5.41) is 7.61. The van der Waals surface area contributed by atoms with Crippen LogP contribution in [0.15, 0.2) is 40.6 Å². The largest absolute Gasteiger partial charge is 0.450 e. The van der Waals surface area contributed by atoms with Crippen LogP contribution >= 0.6 is 34.7 Å². The smallest absolute Gasteiger partial charge is 0.414 e. The number of hydrogen-bond acceptors (Lipinski definition) is 6. The molecular weight excluding hydrogens is 408 g/mol. The molecule has 6 nitrogen and oxygen atoms in total. The molecule has 0 unspecified atom stereocenters. The summed E-state index contributed by atoms with van der Waals surface area (Å²) in [4.78, 5) is 36.6. The van der Waals surface area contributed by atoms with E-state index in [0.29, 0.717) is 22.9 Å². The minimum atomic E-state index is -0.815. The molecule has 0 aliphatic heterocycles. The van der Waals surface area contributed by atoms with Gasteiger partial charge in [-0.2, -0.15) is 0 Å². The Morgan fingerprint density at radius 3 is 2.63 bits per heavy atom. The monoisotopic (exact) mass is 426 g/mol. The lowest BCUT2D eigenvalue weighted by Crippen LogP contribution is -2.31. The van der Waals surface area contributed by atoms with Crippen molar-refractivity contribution in [3.63, 3.8) is 0 Å². The van der Waals surface area contributed by atoms with Crippen molar-refractivity contribution in [2.45, 2.75) is 24.7 Å². The summed E-state index contributed by atoms with van der Waals surface area (Å²) >= 11 is 8.71. The minimum absolute atomic E-state index is 0.167. The van der Waals surface area contributed by atoms with Crippen LogP contribution in [0.1, 0.15) is 30.1 Å². The Kier molecular flexibility index (Phi) is 8.63. The lowest BCUT2D eigenvalue weighted by atomic mass is 10.3. The molecule has 27 heavy (non-hydrogen) atoms. The van der Waals surface area contributed by atoms with Crippen molar-refractivity contribution in [2.75, 3.05) is 17.7 Å². The molecule has 0 fully saturated rings. The van der Waals surface area contributed by atoms with Gasteiger partial charge in [-0.05, 0) is 54.8 Å². The first kappa shape index (κ1) is 21.3. The standard InChI is InChI=1S/C18H19ClN2O4S2/c1-2-25-18(24)21-16(23)14-9-11-27-17(14)20-15(22)4-3-10-26-13-7-5-12(19)6-8-13/h5-9,11H,2-4,10H2,1H3,(H,20,22)(H,21,23,24). The molecule has 144 valence electrons. The van der Waals surface area contributed by atoms with Crippen molar-refractivity contribution in [3.8, 4) is 0 Å². The third kappa shape index (κ3) is 7.24. The van der Waals surface area contributed by atoms with E-state index in [1.54, 1.807) is 30.1 Å². The third-order valence-electron chi connectivity index (χ3n) is 3.28. The van der Waals surface area contributed by atoms with Crippen molar-refractivity contribution in [2.24, 2.45) is 0 Å². The van der Waals surface area contributed by atoms with Gasteiger partial charge in [0.2, 0.25) is 5.91 Å². The van der Waals surface area contributed by atoms with Gasteiger partial charge in [-0.3, -0.25) is 14.9 Å². The zero-order valence-electron chi connectivity index (χ0n) is 14.6. The van der Waals surface area contributed by atoms with E-state index in [-0.39, 0.29) is 18.1 Å². The second-order valence-electron chi connectivity index (χ2n) is 5.29. The zero-order valence-corrected chi connectivity index (χ0v) is 17.0. The molecule has 2 N–H and O–H groups in total. The molecule has 0 bridgehead atoms. The highest BCUT2D eigenvalue weighted by Crippen LogP contribution is 2.24. The lowest BCUT2D eigenvalue weighted by molar-refractivity contribution is -0.116. The van der Waals surface area contributed by atoms with Gasteiger partial charge < -0.3 is 10.1 Å². The number of hydrogen-bond donors (Lipinski definition) is 2. The molecule has 0 radical (unpaired) electrons. The van der Waals surface area contributed by atoms with Crippen LogP contribution in [-0.4, -0.2) is 30.3 Å². The van der Waals surface area contributed by atoms with Crippen LogP contribution in [0.4, 0.5) is 9.80 Å². The Morgan fingerprint density at radius 1 is 1.19 bits per heavy atom. The second kappa shape index (κ2) is 11.0. The molecule has 3 amide bonds. The highest BCUT2D eigenvalue weighted by atomic mass is 35.5. The Morgan fingerprint density at radius 2 is 1.93 bits per heavy atom. The van der Waals surface area contributed by atoms with Crippen molar-refractivity contribution in [1.82, 2.24) is 5.32 Å². The van der Waals surface area contributed by atoms with E-state index in [1.165, 1.54) is 11.3 Å². The van der Waals surface area contributed by atoms with E-state index in [1.807, 2.05) is 24.3 Å². The van der Waals surface area contributed by atoms with Crippen LogP contribution in [0, 0.1) is 0 Å². The summed E-state index contributed by atoms with van der Waals surface area (Å²) in [7, 11) is 0. The first-order valence-electron chi connectivity index (χ1n) is 8.23. The van der Waals surface area contributed by atoms with Gasteiger partial charge in [0.1, 0.15) is 5.00 Å². The second-order valence-corrected chi connectivity index (χ2v) is 7.81. The molecule has 0 spiro atoms. The number of benzene rings is 1. The van der Waals surface area contributed by atoms with E-state index in [0.717, 1.165) is 10.6 Å². The summed E-state index contributed by atoms with van der Waals surface area (Å²) in [6, 6.07) is 9.08. The summed E-state index contributed by atoms with van der Waals surface area (Å²) in [5.41, 5.74) is 0.233. The SMILES string of the molecule is CCOC(=O)NC(=O)c1ccsc1NC(=O)CCCSc1ccc(Cl)cc1. The van der Waals surface area contributed by atoms with Crippen molar-refractivity contribution >= 4 is 57.6 Å². The van der Waals surface area contributed by atoms with Crippen molar-refractivity contribution < 1.29 is 19.1 Å². The fourth-order valence-corrected chi connectivity index (χ4v) is 3.83. The third-order valence-corrected chi connectivity index (χ3v) is 5.46. The number of thiophene rings is 1. The molecule has 9 heteroatoms. The first-order valence-corrected chi connectivity index (χ1v) is 10.5. The quantitative estimate of drug-likeness (QED) is 0.468. The van der Waals surface area contributed by atoms with Crippen LogP contribution in [-0.2, 0) is 9.53 Å². The average molecular weight is 427 g/mol. The van der Waals surface area contributed by atoms with E-state index in [9.17, 15) is 14.4 Å². The van der Waals surface area contributed by atoms with Gasteiger partial charge >= 0.3 is 6.09 Å². The number of carbonyl (C=O) groups is 3. The molecule has 0 saturated carbocycles. The minimum Gasteiger partial charge on any atom is -0.450 e. The van der Waals surface area contributed by atoms with Crippen LogP contribution < -0.4 is 10.6 Å². The number of imide groups is 1. The summed E-state index contributed by atoms with van der Waals surface area (Å²) in [5.74, 6) is -0.00183. The Labute approximate surface area is 170 Å². The number of alkyl carbamates (subject to hydrolysis) is 1. The van der Waals surface area contributed by atoms with Crippen LogP contribution in [0.3, 0.4) is 0 Å². The molecule has 2 aromatic rings. The van der Waals surface area contributed by atoms with E-state index >= 15 is 0 Å². The Bertz CT molecular complexity index is 793. The van der Waals surface area contributed by atoms with E-state index in [2.05, 4.69) is 15.4 Å². The predicted molar refractivity (Wildman–Crippen MR) is 109 cm³/mol. The molecule has 1 aromatic heterocycles. The van der Waals surface area contributed by atoms with Gasteiger partial charge in [0, 0.05) is 16.3 Å². The van der Waals surface area contributed by atoms with Crippen LogP contribution in [0.2, 0.25) is 5.02 Å². The van der Waals surface area contributed by atoms with E-state index < -0.39 is 12.0 Å². The molecule has 0 atom stereocenters. The van der Waals surface area contributed by atoms with Gasteiger partial charge in [-0.1, -0.05) is 11.6 Å². The molecule has 2 rings (SSSR count). The molecule has 0 saturated heterocycles. The number of halogens is 1. The van der Waals surface area contributed by atoms with Gasteiger partial charge in [0.25, 0.3) is 5.91 Å². The zero-order chi connectivity index (χ0) is 19.6. The van der Waals surface area contributed by atoms with Crippen LogP contribution in [0.25, 0.3) is 0 Å². The Balaban J connectivity index is 1.77. The van der Waals surface area contributed by atoms with Crippen molar-refractivity contribution in [3.05, 3.63) is 46.3 Å². The fourth-order valence-electron chi connectivity index (χ4n) is 2.05. The molecule has 0 aliphatic rings. The van der Waals surface area contributed by atoms with Crippen LogP contribution in [0.5, 0.6) is 0 Å². The Hall–Kier alpha value is -2.03. The average Bonchev–Trinajstić information content (AvgIpc) is 3.08. The summed E-state index contributed by atoms with van der Waals surface area (Å²) < 4.78 is 4.68. The fraction of sp³-hybridized carbons (Fsp3) is 0.278. The number of thioether (sulfide) groups is 1. The molecule has 1 heterocycles. The maximum absolute atomic E-state index is 12.1. The summed E-state index contributed by atoms with van der Waals surface area (Å²) in [6.45, 7) is 1.81. The van der Waals surface area contributed by atoms with Gasteiger partial charge in [0.05, 0.1) is 12.2 Å². The van der Waals surface area contributed by atoms with E-state index in [4.69, 9.17) is 11.6 Å². The summed E-state index contributed by atoms with van der Waals surface area (Å²) in [6.07, 6.45) is 0.205. The maximum Gasteiger partial charge on any atom is 0.414 e. The first-order chi connectivity index (χ1) is 13.0.